The molecule has 0 saturated carbocycles. The van der Waals surface area contributed by atoms with E-state index in [1.165, 1.54) is 0 Å². The van der Waals surface area contributed by atoms with Crippen LogP contribution in [0.15, 0.2) is 35.6 Å². The number of amides is 1. The molecule has 8 heteroatoms. The molecular weight excluding hydrogens is 378 g/mol. The largest absolute Gasteiger partial charge is 0.475 e. The quantitative estimate of drug-likeness (QED) is 0.670. The average Bonchev–Trinajstić information content (AvgIpc) is 3.16. The Morgan fingerprint density at radius 2 is 1.86 bits per heavy atom. The Bertz CT molecular complexity index is 862. The van der Waals surface area contributed by atoms with Crippen LogP contribution in [0, 0.1) is 0 Å². The van der Waals surface area contributed by atoms with Gasteiger partial charge in [0, 0.05) is 12.1 Å². The number of fused-ring (bicyclic) bond motifs is 1. The number of allylic oxidation sites excluding steroid dienone is 1. The molecule has 3 rings (SSSR count). The number of benzene rings is 1. The summed E-state index contributed by atoms with van der Waals surface area (Å²) in [6.45, 7) is 5.23. The van der Waals surface area contributed by atoms with Crippen molar-refractivity contribution < 1.29 is 33.7 Å². The number of anilines is 1. The molecule has 0 radical (unpaired) electrons. The standard InChI is InChI=1S/C21H25NO7/c1-4-9-14-15(19(25)27-5-2)17(23)21(29-14,20(26)28-6-3)16-12-10-7-8-11-13(12)22-18(16)24/h7-8,10-11,16-17,23H,4-6,9H2,1-3H3,(H,22,24)/t16-,17+,21+/m1/s1. The molecule has 0 spiro atoms. The molecule has 8 nitrogen and oxygen atoms in total. The Kier molecular flexibility index (Phi) is 5.93. The van der Waals surface area contributed by atoms with Crippen LogP contribution in [0.3, 0.4) is 0 Å². The molecule has 1 aromatic rings. The van der Waals surface area contributed by atoms with E-state index in [0.29, 0.717) is 24.1 Å². The molecule has 0 aromatic heterocycles. The predicted octanol–water partition coefficient (Wildman–Crippen LogP) is 2.03. The summed E-state index contributed by atoms with van der Waals surface area (Å²) in [7, 11) is 0. The molecule has 3 atom stereocenters. The fourth-order valence-corrected chi connectivity index (χ4v) is 3.89. The Balaban J connectivity index is 2.16. The zero-order valence-electron chi connectivity index (χ0n) is 16.7. The maximum atomic E-state index is 13.1. The van der Waals surface area contributed by atoms with E-state index in [0.717, 1.165) is 0 Å². The first-order valence-electron chi connectivity index (χ1n) is 9.76. The van der Waals surface area contributed by atoms with Crippen molar-refractivity contribution in [1.29, 1.82) is 0 Å². The van der Waals surface area contributed by atoms with Crippen LogP contribution in [0.25, 0.3) is 0 Å². The number of para-hydroxylation sites is 1. The first-order valence-corrected chi connectivity index (χ1v) is 9.76. The number of aliphatic hydroxyl groups is 1. The van der Waals surface area contributed by atoms with Gasteiger partial charge in [0.25, 0.3) is 5.60 Å². The highest BCUT2D eigenvalue weighted by atomic mass is 16.6. The molecule has 2 aliphatic rings. The van der Waals surface area contributed by atoms with Crippen molar-refractivity contribution in [3.05, 3.63) is 41.2 Å². The maximum Gasteiger partial charge on any atom is 0.354 e. The van der Waals surface area contributed by atoms with E-state index in [-0.39, 0.29) is 24.5 Å². The van der Waals surface area contributed by atoms with Gasteiger partial charge >= 0.3 is 11.9 Å². The number of ether oxygens (including phenoxy) is 3. The maximum absolute atomic E-state index is 13.1. The summed E-state index contributed by atoms with van der Waals surface area (Å²) < 4.78 is 16.3. The topological polar surface area (TPSA) is 111 Å². The minimum atomic E-state index is -2.11. The van der Waals surface area contributed by atoms with Crippen LogP contribution in [0.1, 0.15) is 45.1 Å². The van der Waals surface area contributed by atoms with Gasteiger partial charge in [-0.15, -0.1) is 0 Å². The number of carbonyl (C=O) groups excluding carboxylic acids is 3. The molecule has 2 N–H and O–H groups in total. The lowest BCUT2D eigenvalue weighted by molar-refractivity contribution is -0.179. The molecule has 0 fully saturated rings. The van der Waals surface area contributed by atoms with Crippen LogP contribution < -0.4 is 5.32 Å². The monoisotopic (exact) mass is 403 g/mol. The highest BCUT2D eigenvalue weighted by Crippen LogP contribution is 2.50. The lowest BCUT2D eigenvalue weighted by Crippen LogP contribution is -2.56. The highest BCUT2D eigenvalue weighted by molar-refractivity contribution is 6.08. The number of esters is 2. The van der Waals surface area contributed by atoms with Crippen LogP contribution in [0.5, 0.6) is 0 Å². The lowest BCUT2D eigenvalue weighted by atomic mass is 9.77. The molecular formula is C21H25NO7. The summed E-state index contributed by atoms with van der Waals surface area (Å²) in [6, 6.07) is 6.84. The van der Waals surface area contributed by atoms with Gasteiger partial charge in [0.05, 0.1) is 13.2 Å². The zero-order chi connectivity index (χ0) is 21.2. The number of hydrogen-bond acceptors (Lipinski definition) is 7. The molecule has 0 unspecified atom stereocenters. The SMILES string of the molecule is CCCC1=C(C(=O)OCC)[C@H](O)[C@](C(=O)OCC)([C@H]2C(=O)Nc3ccccc32)O1. The molecule has 1 aromatic carbocycles. The number of nitrogens with one attached hydrogen (secondary N) is 1. The number of rotatable bonds is 7. The lowest BCUT2D eigenvalue weighted by Gasteiger charge is -2.34. The number of aliphatic hydroxyl groups excluding tert-OH is 1. The van der Waals surface area contributed by atoms with Gasteiger partial charge in [-0.25, -0.2) is 9.59 Å². The zero-order valence-corrected chi connectivity index (χ0v) is 16.7. The van der Waals surface area contributed by atoms with Gasteiger partial charge in [0.1, 0.15) is 23.4 Å². The van der Waals surface area contributed by atoms with Crippen molar-refractivity contribution in [2.24, 2.45) is 0 Å². The molecule has 156 valence electrons. The van der Waals surface area contributed by atoms with E-state index in [9.17, 15) is 19.5 Å². The molecule has 2 heterocycles. The van der Waals surface area contributed by atoms with E-state index in [1.807, 2.05) is 6.92 Å². The molecule has 2 aliphatic heterocycles. The second kappa shape index (κ2) is 8.24. The Morgan fingerprint density at radius 1 is 1.17 bits per heavy atom. The fourth-order valence-electron chi connectivity index (χ4n) is 3.89. The van der Waals surface area contributed by atoms with Gasteiger partial charge in [-0.1, -0.05) is 25.1 Å². The van der Waals surface area contributed by atoms with Gasteiger partial charge in [0.2, 0.25) is 5.91 Å². The fraction of sp³-hybridized carbons (Fsp3) is 0.476. The summed E-state index contributed by atoms with van der Waals surface area (Å²) in [5, 5.41) is 13.9. The second-order valence-corrected chi connectivity index (χ2v) is 6.84. The molecule has 1 amide bonds. The molecule has 29 heavy (non-hydrogen) atoms. The van der Waals surface area contributed by atoms with Crippen molar-refractivity contribution in [1.82, 2.24) is 0 Å². The van der Waals surface area contributed by atoms with E-state index >= 15 is 0 Å². The Morgan fingerprint density at radius 3 is 2.52 bits per heavy atom. The minimum Gasteiger partial charge on any atom is -0.475 e. The van der Waals surface area contributed by atoms with Crippen LogP contribution in [-0.4, -0.2) is 47.9 Å². The summed E-state index contributed by atoms with van der Waals surface area (Å²) >= 11 is 0. The first-order chi connectivity index (χ1) is 13.9. The third-order valence-electron chi connectivity index (χ3n) is 5.06. The Labute approximate surface area is 168 Å². The molecule has 0 saturated heterocycles. The van der Waals surface area contributed by atoms with Crippen LogP contribution in [0.4, 0.5) is 5.69 Å². The van der Waals surface area contributed by atoms with E-state index in [1.54, 1.807) is 38.1 Å². The summed E-state index contributed by atoms with van der Waals surface area (Å²) in [4.78, 5) is 38.6. The normalized spacial score (nSPS) is 25.3. The van der Waals surface area contributed by atoms with Crippen molar-refractivity contribution in [3.8, 4) is 0 Å². The van der Waals surface area contributed by atoms with Crippen molar-refractivity contribution in [2.45, 2.75) is 51.2 Å². The predicted molar refractivity (Wildman–Crippen MR) is 103 cm³/mol. The minimum absolute atomic E-state index is 0.0184. The van der Waals surface area contributed by atoms with E-state index in [4.69, 9.17) is 14.2 Å². The number of hydrogen-bond donors (Lipinski definition) is 2. The van der Waals surface area contributed by atoms with Gasteiger partial charge in [-0.05, 0) is 31.9 Å². The molecule has 0 bridgehead atoms. The Hall–Kier alpha value is -2.87. The smallest absolute Gasteiger partial charge is 0.354 e. The van der Waals surface area contributed by atoms with E-state index < -0.39 is 35.5 Å². The van der Waals surface area contributed by atoms with Gasteiger partial charge in [0.15, 0.2) is 0 Å². The van der Waals surface area contributed by atoms with Crippen molar-refractivity contribution in [2.75, 3.05) is 18.5 Å². The van der Waals surface area contributed by atoms with Gasteiger partial charge in [-0.2, -0.15) is 0 Å². The van der Waals surface area contributed by atoms with Crippen LogP contribution in [-0.2, 0) is 28.6 Å². The van der Waals surface area contributed by atoms with Crippen molar-refractivity contribution >= 4 is 23.5 Å². The van der Waals surface area contributed by atoms with Gasteiger partial charge < -0.3 is 24.6 Å². The van der Waals surface area contributed by atoms with Gasteiger partial charge in [-0.3, -0.25) is 4.79 Å². The summed E-state index contributed by atoms with van der Waals surface area (Å²) in [6.07, 6.45) is -0.830. The molecule has 0 aliphatic carbocycles. The summed E-state index contributed by atoms with van der Waals surface area (Å²) in [5.74, 6) is -3.24. The van der Waals surface area contributed by atoms with Crippen LogP contribution >= 0.6 is 0 Å². The first kappa shape index (κ1) is 20.9. The third-order valence-corrected chi connectivity index (χ3v) is 5.06. The number of carbonyl (C=O) groups is 3. The summed E-state index contributed by atoms with van der Waals surface area (Å²) in [5.41, 5.74) is -1.24. The second-order valence-electron chi connectivity index (χ2n) is 6.84. The van der Waals surface area contributed by atoms with Crippen molar-refractivity contribution in [3.63, 3.8) is 0 Å². The van der Waals surface area contributed by atoms with E-state index in [2.05, 4.69) is 5.32 Å². The highest BCUT2D eigenvalue weighted by Gasteiger charge is 2.66. The average molecular weight is 403 g/mol. The third kappa shape index (κ3) is 3.27. The van der Waals surface area contributed by atoms with Crippen LogP contribution in [0.2, 0.25) is 0 Å².